The number of allylic oxidation sites excluding steroid dienone is 2. The number of nitrogens with one attached hydrogen (secondary N) is 1. The molecule has 2 heteroatoms. The Morgan fingerprint density at radius 3 is 2.34 bits per heavy atom. The number of fused-ring (bicyclic) bond motifs is 1. The number of hydrogen-bond donors (Lipinski definition) is 1. The quantitative estimate of drug-likeness (QED) is 0.310. The topological polar surface area (TPSA) is 29.1 Å². The maximum absolute atomic E-state index is 13.6. The lowest BCUT2D eigenvalue weighted by atomic mass is 9.90. The maximum atomic E-state index is 13.6. The molecule has 1 unspecified atom stereocenters. The van der Waals surface area contributed by atoms with Crippen molar-refractivity contribution in [3.05, 3.63) is 125 Å². The van der Waals surface area contributed by atoms with Crippen LogP contribution >= 0.6 is 0 Å². The zero-order valence-electron chi connectivity index (χ0n) is 18.7. The molecule has 0 aliphatic carbocycles. The lowest BCUT2D eigenvalue weighted by Crippen LogP contribution is -2.22. The van der Waals surface area contributed by atoms with E-state index in [0.29, 0.717) is 6.42 Å². The summed E-state index contributed by atoms with van der Waals surface area (Å²) in [5, 5.41) is 5.54. The zero-order chi connectivity index (χ0) is 22.3. The first-order chi connectivity index (χ1) is 15.7. The van der Waals surface area contributed by atoms with E-state index >= 15 is 0 Å². The van der Waals surface area contributed by atoms with Crippen molar-refractivity contribution in [1.29, 1.82) is 0 Å². The second-order valence-electron chi connectivity index (χ2n) is 8.18. The lowest BCUT2D eigenvalue weighted by Gasteiger charge is -2.19. The summed E-state index contributed by atoms with van der Waals surface area (Å²) in [6.45, 7) is 4.12. The molecule has 0 aromatic heterocycles. The van der Waals surface area contributed by atoms with Crippen molar-refractivity contribution in [2.24, 2.45) is 0 Å². The van der Waals surface area contributed by atoms with E-state index in [1.165, 1.54) is 11.1 Å². The van der Waals surface area contributed by atoms with Gasteiger partial charge in [0, 0.05) is 5.69 Å². The normalized spacial score (nSPS) is 12.2. The van der Waals surface area contributed by atoms with E-state index in [0.717, 1.165) is 34.0 Å². The van der Waals surface area contributed by atoms with E-state index in [9.17, 15) is 4.79 Å². The van der Waals surface area contributed by atoms with Crippen molar-refractivity contribution in [2.75, 3.05) is 5.32 Å². The number of carbonyl (C=O) groups excluding carboxylic acids is 1. The summed E-state index contributed by atoms with van der Waals surface area (Å²) >= 11 is 0. The van der Waals surface area contributed by atoms with Crippen LogP contribution in [0.25, 0.3) is 10.8 Å². The first-order valence-corrected chi connectivity index (χ1v) is 11.2. The molecular weight excluding hydrogens is 390 g/mol. The minimum atomic E-state index is -0.260. The summed E-state index contributed by atoms with van der Waals surface area (Å²) in [4.78, 5) is 13.6. The Balaban J connectivity index is 1.66. The SMILES string of the molecule is C/C=C/CC(C(=O)Nc1ccccc1Cc1ccccc1C)c1cccc2ccccc12. The van der Waals surface area contributed by atoms with Gasteiger partial charge in [0.2, 0.25) is 5.91 Å². The predicted molar refractivity (Wildman–Crippen MR) is 135 cm³/mol. The Kier molecular flexibility index (Phi) is 6.81. The van der Waals surface area contributed by atoms with Gasteiger partial charge in [-0.2, -0.15) is 0 Å². The average Bonchev–Trinajstić information content (AvgIpc) is 2.82. The van der Waals surface area contributed by atoms with Gasteiger partial charge in [-0.25, -0.2) is 0 Å². The van der Waals surface area contributed by atoms with Crippen LogP contribution in [0.1, 0.15) is 41.5 Å². The summed E-state index contributed by atoms with van der Waals surface area (Å²) in [5.74, 6) is -0.236. The Hall–Kier alpha value is -3.65. The van der Waals surface area contributed by atoms with Crippen molar-refractivity contribution >= 4 is 22.4 Å². The van der Waals surface area contributed by atoms with E-state index in [2.05, 4.69) is 72.9 Å². The second-order valence-corrected chi connectivity index (χ2v) is 8.18. The number of amides is 1. The molecule has 4 rings (SSSR count). The van der Waals surface area contributed by atoms with Gasteiger partial charge in [-0.15, -0.1) is 0 Å². The third kappa shape index (κ3) is 4.81. The van der Waals surface area contributed by atoms with E-state index in [-0.39, 0.29) is 11.8 Å². The minimum absolute atomic E-state index is 0.0247. The molecule has 1 amide bonds. The van der Waals surface area contributed by atoms with Gasteiger partial charge < -0.3 is 5.32 Å². The monoisotopic (exact) mass is 419 g/mol. The van der Waals surface area contributed by atoms with Crippen LogP contribution in [0.15, 0.2) is 103 Å². The molecule has 160 valence electrons. The zero-order valence-corrected chi connectivity index (χ0v) is 18.7. The van der Waals surface area contributed by atoms with Gasteiger partial charge in [0.05, 0.1) is 5.92 Å². The molecule has 0 spiro atoms. The number of rotatable bonds is 7. The van der Waals surface area contributed by atoms with Crippen molar-refractivity contribution in [3.8, 4) is 0 Å². The highest BCUT2D eigenvalue weighted by molar-refractivity contribution is 6.00. The number of anilines is 1. The van der Waals surface area contributed by atoms with Crippen LogP contribution < -0.4 is 5.32 Å². The average molecular weight is 420 g/mol. The maximum Gasteiger partial charge on any atom is 0.232 e. The molecule has 4 aromatic rings. The van der Waals surface area contributed by atoms with Crippen LogP contribution in [0.2, 0.25) is 0 Å². The first kappa shape index (κ1) is 21.6. The van der Waals surface area contributed by atoms with E-state index in [4.69, 9.17) is 0 Å². The second kappa shape index (κ2) is 10.1. The number of hydrogen-bond acceptors (Lipinski definition) is 1. The third-order valence-electron chi connectivity index (χ3n) is 6.04. The van der Waals surface area contributed by atoms with Gasteiger partial charge in [-0.1, -0.05) is 97.1 Å². The summed E-state index contributed by atoms with van der Waals surface area (Å²) in [6.07, 6.45) is 5.54. The van der Waals surface area contributed by atoms with E-state index in [1.807, 2.05) is 49.4 Å². The molecule has 0 heterocycles. The van der Waals surface area contributed by atoms with Gasteiger partial charge in [-0.05, 0) is 65.8 Å². The number of carbonyl (C=O) groups is 1. The third-order valence-corrected chi connectivity index (χ3v) is 6.04. The molecule has 0 saturated heterocycles. The van der Waals surface area contributed by atoms with Gasteiger partial charge in [0.1, 0.15) is 0 Å². The molecule has 0 fully saturated rings. The Labute approximate surface area is 190 Å². The molecule has 0 aliphatic heterocycles. The molecule has 0 radical (unpaired) electrons. The molecule has 32 heavy (non-hydrogen) atoms. The highest BCUT2D eigenvalue weighted by Crippen LogP contribution is 2.30. The fourth-order valence-corrected chi connectivity index (χ4v) is 4.23. The van der Waals surface area contributed by atoms with Gasteiger partial charge in [0.15, 0.2) is 0 Å². The van der Waals surface area contributed by atoms with Crippen molar-refractivity contribution in [3.63, 3.8) is 0 Å². The van der Waals surface area contributed by atoms with Crippen LogP contribution in [0, 0.1) is 6.92 Å². The van der Waals surface area contributed by atoms with Crippen LogP contribution in [0.4, 0.5) is 5.69 Å². The number of para-hydroxylation sites is 1. The number of benzene rings is 4. The summed E-state index contributed by atoms with van der Waals surface area (Å²) in [6, 6.07) is 31.0. The highest BCUT2D eigenvalue weighted by Gasteiger charge is 2.22. The van der Waals surface area contributed by atoms with Crippen LogP contribution in [-0.2, 0) is 11.2 Å². The predicted octanol–water partition coefficient (Wildman–Crippen LogP) is 7.43. The van der Waals surface area contributed by atoms with Gasteiger partial charge in [0.25, 0.3) is 0 Å². The molecule has 1 N–H and O–H groups in total. The van der Waals surface area contributed by atoms with Crippen molar-refractivity contribution in [1.82, 2.24) is 0 Å². The fourth-order valence-electron chi connectivity index (χ4n) is 4.23. The molecule has 1 atom stereocenters. The van der Waals surface area contributed by atoms with E-state index in [1.54, 1.807) is 0 Å². The van der Waals surface area contributed by atoms with E-state index < -0.39 is 0 Å². The number of aryl methyl sites for hydroxylation is 1. The summed E-state index contributed by atoms with van der Waals surface area (Å²) in [5.41, 5.74) is 5.60. The van der Waals surface area contributed by atoms with Crippen LogP contribution in [0.3, 0.4) is 0 Å². The highest BCUT2D eigenvalue weighted by atomic mass is 16.1. The smallest absolute Gasteiger partial charge is 0.232 e. The standard InChI is InChI=1S/C30H29NO/c1-3-4-17-28(27-19-11-16-23-13-7-9-18-26(23)27)30(32)31-29-20-10-8-15-25(29)21-24-14-6-5-12-22(24)2/h3-16,18-20,28H,17,21H2,1-2H3,(H,31,32)/b4-3+. The minimum Gasteiger partial charge on any atom is -0.325 e. The van der Waals surface area contributed by atoms with Crippen molar-refractivity contribution < 1.29 is 4.79 Å². The van der Waals surface area contributed by atoms with Gasteiger partial charge >= 0.3 is 0 Å². The van der Waals surface area contributed by atoms with Crippen molar-refractivity contribution in [2.45, 2.75) is 32.6 Å². The molecule has 2 nitrogen and oxygen atoms in total. The molecule has 4 aromatic carbocycles. The molecular formula is C30H29NO. The largest absolute Gasteiger partial charge is 0.325 e. The molecule has 0 aliphatic rings. The Bertz CT molecular complexity index is 1250. The van der Waals surface area contributed by atoms with Gasteiger partial charge in [-0.3, -0.25) is 4.79 Å². The summed E-state index contributed by atoms with van der Waals surface area (Å²) < 4.78 is 0. The Morgan fingerprint density at radius 1 is 0.844 bits per heavy atom. The molecule has 0 saturated carbocycles. The van der Waals surface area contributed by atoms with Crippen LogP contribution in [0.5, 0.6) is 0 Å². The summed E-state index contributed by atoms with van der Waals surface area (Å²) in [7, 11) is 0. The van der Waals surface area contributed by atoms with Crippen LogP contribution in [-0.4, -0.2) is 5.91 Å². The molecule has 0 bridgehead atoms. The lowest BCUT2D eigenvalue weighted by molar-refractivity contribution is -0.117. The first-order valence-electron chi connectivity index (χ1n) is 11.2. The fraction of sp³-hybridized carbons (Fsp3) is 0.167. The Morgan fingerprint density at radius 2 is 1.53 bits per heavy atom.